The summed E-state index contributed by atoms with van der Waals surface area (Å²) < 4.78 is 75.5. The third-order valence-corrected chi connectivity index (χ3v) is 9.08. The van der Waals surface area contributed by atoms with Crippen molar-refractivity contribution in [2.75, 3.05) is 0 Å². The van der Waals surface area contributed by atoms with Crippen molar-refractivity contribution in [3.05, 3.63) is 96.1 Å². The van der Waals surface area contributed by atoms with E-state index in [1.54, 1.807) is 30.3 Å². The van der Waals surface area contributed by atoms with Crippen molar-refractivity contribution in [2.24, 2.45) is 0 Å². The maximum Gasteiger partial charge on any atom is 2.00 e. The molecule has 0 atom stereocenters. The Morgan fingerprint density at radius 3 is 1.51 bits per heavy atom. The van der Waals surface area contributed by atoms with Gasteiger partial charge >= 0.3 is 37.7 Å². The third-order valence-electron chi connectivity index (χ3n) is 7.36. The molecule has 2 N–H and O–H groups in total. The maximum atomic E-state index is 11.6. The van der Waals surface area contributed by atoms with Crippen molar-refractivity contribution < 1.29 is 45.6 Å². The Morgan fingerprint density at radius 1 is 0.612 bits per heavy atom. The van der Waals surface area contributed by atoms with Crippen LogP contribution in [0.3, 0.4) is 0 Å². The van der Waals surface area contributed by atoms with Gasteiger partial charge < -0.3 is 24.2 Å². The maximum absolute atomic E-state index is 11.6. The largest absolute Gasteiger partial charge is 2.00 e. The molecule has 0 amide bonds. The molecule has 4 rings (SSSR count). The molecular formula is C36H42CaO10S2. The zero-order valence-corrected chi connectivity index (χ0v) is 31.7. The smallest absolute Gasteiger partial charge is 0.872 e. The molecule has 4 aromatic rings. The Bertz CT molecular complexity index is 1680. The second kappa shape index (κ2) is 20.7. The monoisotopic (exact) mass is 738 g/mol. The van der Waals surface area contributed by atoms with Gasteiger partial charge in [-0.3, -0.25) is 4.55 Å². The minimum absolute atomic E-state index is 0. The summed E-state index contributed by atoms with van der Waals surface area (Å²) in [5.74, 6) is 2.20. The van der Waals surface area contributed by atoms with Crippen LogP contribution < -0.4 is 14.6 Å². The summed E-state index contributed by atoms with van der Waals surface area (Å²) >= 11 is 0. The molecule has 0 spiro atoms. The van der Waals surface area contributed by atoms with Crippen molar-refractivity contribution in [1.82, 2.24) is 0 Å². The fraction of sp³-hybridized carbons (Fsp3) is 0.333. The van der Waals surface area contributed by atoms with E-state index in [4.69, 9.17) is 14.0 Å². The molecule has 0 saturated heterocycles. The molecule has 0 saturated carbocycles. The second-order valence-corrected chi connectivity index (χ2v) is 14.1. The first kappa shape index (κ1) is 42.3. The predicted molar refractivity (Wildman–Crippen MR) is 186 cm³/mol. The Hall–Kier alpha value is -2.84. The number of phenols is 1. The van der Waals surface area contributed by atoms with Crippen molar-refractivity contribution in [1.29, 1.82) is 0 Å². The average molecular weight is 739 g/mol. The molecule has 260 valence electrons. The number of aryl methyl sites for hydroxylation is 2. The van der Waals surface area contributed by atoms with E-state index in [9.17, 15) is 31.6 Å². The minimum Gasteiger partial charge on any atom is -0.872 e. The first-order chi connectivity index (χ1) is 22.8. The van der Waals surface area contributed by atoms with Crippen molar-refractivity contribution >= 4 is 58.0 Å². The number of hydrogen-bond acceptors (Lipinski definition) is 9. The zero-order chi connectivity index (χ0) is 35.2. The standard InChI is InChI=1S/2C18H22O5S.Ca/c2*1-2-3-4-5-6-14-13-15(19)7-12-18(14)23-16-8-10-17(11-9-16)24(20,21)22;/h2*7-13,19H,2-6H2,1H3,(H,20,21,22);/q;;+2/p-2. The second-order valence-electron chi connectivity index (χ2n) is 11.3. The first-order valence-electron chi connectivity index (χ1n) is 15.9. The number of phenolic OH excluding ortho intramolecular Hbond substituents is 1. The van der Waals surface area contributed by atoms with Crippen molar-refractivity contribution in [3.8, 4) is 34.5 Å². The molecule has 0 aliphatic rings. The van der Waals surface area contributed by atoms with E-state index >= 15 is 0 Å². The van der Waals surface area contributed by atoms with Crippen LogP contribution in [0.1, 0.15) is 76.3 Å². The summed E-state index contributed by atoms with van der Waals surface area (Å²) in [6.45, 7) is 4.29. The van der Waals surface area contributed by atoms with Gasteiger partial charge in [0.15, 0.2) is 0 Å². The minimum atomic E-state index is -4.47. The van der Waals surface area contributed by atoms with Crippen molar-refractivity contribution in [2.45, 2.75) is 87.8 Å². The fourth-order valence-corrected chi connectivity index (χ4v) is 5.75. The van der Waals surface area contributed by atoms with Gasteiger partial charge in [0.25, 0.3) is 10.1 Å². The molecule has 49 heavy (non-hydrogen) atoms. The first-order valence-corrected chi connectivity index (χ1v) is 18.8. The van der Waals surface area contributed by atoms with Crippen LogP contribution in [0.4, 0.5) is 0 Å². The molecule has 0 heterocycles. The molecule has 0 unspecified atom stereocenters. The Morgan fingerprint density at radius 2 is 1.06 bits per heavy atom. The van der Waals surface area contributed by atoms with E-state index in [1.165, 1.54) is 61.0 Å². The number of rotatable bonds is 16. The summed E-state index contributed by atoms with van der Waals surface area (Å²) in [5.41, 5.74) is 1.74. The Kier molecular flexibility index (Phi) is 17.9. The molecule has 0 aliphatic heterocycles. The third kappa shape index (κ3) is 14.9. The van der Waals surface area contributed by atoms with Crippen LogP contribution in [0.5, 0.6) is 34.5 Å². The molecule has 10 nitrogen and oxygen atoms in total. The van der Waals surface area contributed by atoms with E-state index < -0.39 is 20.2 Å². The zero-order valence-electron chi connectivity index (χ0n) is 27.8. The van der Waals surface area contributed by atoms with Crippen LogP contribution in [0, 0.1) is 0 Å². The normalized spacial score (nSPS) is 11.2. The summed E-state index contributed by atoms with van der Waals surface area (Å²) in [4.78, 5) is -0.482. The topological polar surface area (TPSA) is 173 Å². The van der Waals surface area contributed by atoms with Crippen LogP contribution in [0.25, 0.3) is 0 Å². The van der Waals surface area contributed by atoms with E-state index in [0.29, 0.717) is 23.0 Å². The average Bonchev–Trinajstić information content (AvgIpc) is 3.04. The molecule has 0 radical (unpaired) electrons. The van der Waals surface area contributed by atoms with Crippen LogP contribution in [0.2, 0.25) is 0 Å². The summed E-state index contributed by atoms with van der Waals surface area (Å²) in [6, 6.07) is 20.4. The fourth-order valence-electron chi connectivity index (χ4n) is 4.80. The summed E-state index contributed by atoms with van der Waals surface area (Å²) in [5, 5.41) is 21.3. The molecule has 0 fully saturated rings. The van der Waals surface area contributed by atoms with Gasteiger partial charge in [0.2, 0.25) is 0 Å². The molecule has 0 aliphatic carbocycles. The molecular weight excluding hydrogens is 697 g/mol. The van der Waals surface area contributed by atoms with Gasteiger partial charge in [0, 0.05) is 0 Å². The van der Waals surface area contributed by atoms with E-state index in [-0.39, 0.29) is 59.0 Å². The van der Waals surface area contributed by atoms with Crippen LogP contribution in [-0.4, -0.2) is 68.8 Å². The van der Waals surface area contributed by atoms with Gasteiger partial charge in [-0.15, -0.1) is 5.75 Å². The molecule has 0 bridgehead atoms. The van der Waals surface area contributed by atoms with Gasteiger partial charge in [0.05, 0.1) is 9.79 Å². The molecule has 0 aromatic heterocycles. The van der Waals surface area contributed by atoms with Crippen LogP contribution >= 0.6 is 0 Å². The number of unbranched alkanes of at least 4 members (excludes halogenated alkanes) is 6. The Balaban J connectivity index is 0.000000333. The van der Waals surface area contributed by atoms with E-state index in [1.807, 2.05) is 0 Å². The number of benzene rings is 4. The van der Waals surface area contributed by atoms with Gasteiger partial charge in [-0.2, -0.15) is 8.42 Å². The van der Waals surface area contributed by atoms with E-state index in [2.05, 4.69) is 13.8 Å². The van der Waals surface area contributed by atoms with Gasteiger partial charge in [-0.1, -0.05) is 64.5 Å². The van der Waals surface area contributed by atoms with Crippen LogP contribution in [0.15, 0.2) is 94.7 Å². The van der Waals surface area contributed by atoms with Gasteiger partial charge in [-0.25, -0.2) is 8.42 Å². The van der Waals surface area contributed by atoms with E-state index in [0.717, 1.165) is 68.9 Å². The number of ether oxygens (including phenoxy) is 2. The Labute approximate surface area is 319 Å². The van der Waals surface area contributed by atoms with Gasteiger partial charge in [0.1, 0.15) is 38.9 Å². The van der Waals surface area contributed by atoms with Crippen molar-refractivity contribution in [3.63, 3.8) is 0 Å². The number of aromatic hydroxyl groups is 1. The predicted octanol–water partition coefficient (Wildman–Crippen LogP) is 7.75. The SMILES string of the molecule is CCCCCCc1cc(O)ccc1Oc1ccc(S(=O)(=O)O)cc1.CCCCCCc1cc([O-])ccc1Oc1ccc(S(=O)(=O)[O-])cc1.[Ca+2]. The molecule has 4 aromatic carbocycles. The number of hydrogen-bond donors (Lipinski definition) is 2. The summed E-state index contributed by atoms with van der Waals surface area (Å²) in [6.07, 6.45) is 10.4. The molecule has 13 heteroatoms. The van der Waals surface area contributed by atoms with Crippen LogP contribution in [-0.2, 0) is 33.1 Å². The quantitative estimate of drug-likeness (QED) is 0.0657. The summed E-state index contributed by atoms with van der Waals surface area (Å²) in [7, 11) is -8.68. The van der Waals surface area contributed by atoms with Gasteiger partial charge in [-0.05, 0) is 110 Å².